The summed E-state index contributed by atoms with van der Waals surface area (Å²) in [5.41, 5.74) is 0. The minimum absolute atomic E-state index is 0.0545. The Kier molecular flexibility index (Phi) is 3.07. The molecular weight excluding hydrogens is 180 g/mol. The lowest BCUT2D eigenvalue weighted by molar-refractivity contribution is -0.0122. The number of methoxy groups -OCH3 is 1. The number of rotatable bonds is 3. The maximum Gasteiger partial charge on any atom is 0.354 e. The summed E-state index contributed by atoms with van der Waals surface area (Å²) in [5, 5.41) is 10.7. The Morgan fingerprint density at radius 3 is 3.00 bits per heavy atom. The van der Waals surface area contributed by atoms with Gasteiger partial charge in [-0.2, -0.15) is 0 Å². The molecule has 0 aliphatic carbocycles. The second kappa shape index (κ2) is 4.08. The molecule has 0 atom stereocenters. The zero-order valence-corrected chi connectivity index (χ0v) is 7.26. The third kappa shape index (κ3) is 1.96. The van der Waals surface area contributed by atoms with Crippen molar-refractivity contribution < 1.29 is 19.4 Å². The van der Waals surface area contributed by atoms with E-state index in [-0.39, 0.29) is 17.4 Å². The van der Waals surface area contributed by atoms with Crippen molar-refractivity contribution in [2.45, 2.75) is 0 Å². The Labute approximate surface area is 73.3 Å². The van der Waals surface area contributed by atoms with Gasteiger partial charge < -0.3 is 14.6 Å². The summed E-state index contributed by atoms with van der Waals surface area (Å²) < 4.78 is 9.14. The first-order valence-corrected chi connectivity index (χ1v) is 4.06. The van der Waals surface area contributed by atoms with Crippen LogP contribution in [0.2, 0.25) is 0 Å². The van der Waals surface area contributed by atoms with Crippen LogP contribution in [0.25, 0.3) is 0 Å². The molecule has 1 heterocycles. The summed E-state index contributed by atoms with van der Waals surface area (Å²) in [6, 6.07) is 1.44. The van der Waals surface area contributed by atoms with Crippen LogP contribution in [-0.4, -0.2) is 25.0 Å². The molecule has 1 rings (SSSR count). The SMILES string of the molecule is COCOC(=O)c1sccc1O. The van der Waals surface area contributed by atoms with Gasteiger partial charge in [0.1, 0.15) is 5.75 Å². The van der Waals surface area contributed by atoms with Crippen molar-refractivity contribution in [3.63, 3.8) is 0 Å². The molecule has 0 aromatic carbocycles. The number of carbonyl (C=O) groups is 1. The molecular formula is C7H8O4S. The van der Waals surface area contributed by atoms with Crippen LogP contribution in [0, 0.1) is 0 Å². The van der Waals surface area contributed by atoms with Gasteiger partial charge in [0, 0.05) is 7.11 Å². The van der Waals surface area contributed by atoms with Crippen LogP contribution in [0.5, 0.6) is 5.75 Å². The van der Waals surface area contributed by atoms with Crippen LogP contribution in [0.4, 0.5) is 0 Å². The largest absolute Gasteiger partial charge is 0.506 e. The van der Waals surface area contributed by atoms with Gasteiger partial charge in [0.15, 0.2) is 11.7 Å². The zero-order chi connectivity index (χ0) is 8.97. The van der Waals surface area contributed by atoms with E-state index >= 15 is 0 Å². The van der Waals surface area contributed by atoms with E-state index in [2.05, 4.69) is 9.47 Å². The Balaban J connectivity index is 2.59. The van der Waals surface area contributed by atoms with Crippen LogP contribution in [0.15, 0.2) is 11.4 Å². The summed E-state index contributed by atoms with van der Waals surface area (Å²) >= 11 is 1.13. The molecule has 0 fully saturated rings. The topological polar surface area (TPSA) is 55.8 Å². The van der Waals surface area contributed by atoms with E-state index in [4.69, 9.17) is 5.11 Å². The Bertz CT molecular complexity index is 268. The van der Waals surface area contributed by atoms with Gasteiger partial charge in [-0.05, 0) is 11.4 Å². The lowest BCUT2D eigenvalue weighted by Gasteiger charge is -2.00. The minimum atomic E-state index is -0.565. The van der Waals surface area contributed by atoms with Crippen molar-refractivity contribution in [3.05, 3.63) is 16.3 Å². The molecule has 66 valence electrons. The second-order valence-electron chi connectivity index (χ2n) is 1.97. The van der Waals surface area contributed by atoms with Gasteiger partial charge in [0.2, 0.25) is 0 Å². The third-order valence-electron chi connectivity index (χ3n) is 1.14. The van der Waals surface area contributed by atoms with Crippen LogP contribution < -0.4 is 0 Å². The number of hydrogen-bond acceptors (Lipinski definition) is 5. The molecule has 5 heteroatoms. The van der Waals surface area contributed by atoms with Crippen LogP contribution in [0.1, 0.15) is 9.67 Å². The molecule has 1 N–H and O–H groups in total. The summed E-state index contributed by atoms with van der Waals surface area (Å²) in [6.45, 7) is -0.101. The van der Waals surface area contributed by atoms with E-state index in [0.717, 1.165) is 11.3 Å². The molecule has 0 unspecified atom stereocenters. The minimum Gasteiger partial charge on any atom is -0.506 e. The van der Waals surface area contributed by atoms with E-state index in [1.54, 1.807) is 5.38 Å². The van der Waals surface area contributed by atoms with Gasteiger partial charge >= 0.3 is 5.97 Å². The maximum atomic E-state index is 11.0. The molecule has 0 spiro atoms. The maximum absolute atomic E-state index is 11.0. The zero-order valence-electron chi connectivity index (χ0n) is 6.44. The fourth-order valence-corrected chi connectivity index (χ4v) is 1.31. The van der Waals surface area contributed by atoms with Crippen molar-refractivity contribution in [3.8, 4) is 5.75 Å². The molecule has 0 amide bonds. The molecule has 1 aromatic heterocycles. The highest BCUT2D eigenvalue weighted by molar-refractivity contribution is 7.12. The van der Waals surface area contributed by atoms with Crippen molar-refractivity contribution in [1.82, 2.24) is 0 Å². The van der Waals surface area contributed by atoms with Gasteiger partial charge in [-0.3, -0.25) is 0 Å². The van der Waals surface area contributed by atoms with Gasteiger partial charge in [0.05, 0.1) is 0 Å². The summed E-state index contributed by atoms with van der Waals surface area (Å²) in [5.74, 6) is -0.620. The van der Waals surface area contributed by atoms with Crippen molar-refractivity contribution in [1.29, 1.82) is 0 Å². The smallest absolute Gasteiger partial charge is 0.354 e. The lowest BCUT2D eigenvalue weighted by atomic mass is 10.4. The quantitative estimate of drug-likeness (QED) is 0.572. The number of ether oxygens (including phenoxy) is 2. The molecule has 0 radical (unpaired) electrons. The number of thiophene rings is 1. The van der Waals surface area contributed by atoms with E-state index < -0.39 is 5.97 Å². The fourth-order valence-electron chi connectivity index (χ4n) is 0.633. The summed E-state index contributed by atoms with van der Waals surface area (Å²) in [4.78, 5) is 11.2. The van der Waals surface area contributed by atoms with Crippen molar-refractivity contribution in [2.24, 2.45) is 0 Å². The van der Waals surface area contributed by atoms with E-state index in [1.807, 2.05) is 0 Å². The molecule has 0 saturated heterocycles. The number of aromatic hydroxyl groups is 1. The van der Waals surface area contributed by atoms with Crippen LogP contribution in [-0.2, 0) is 9.47 Å². The first-order valence-electron chi connectivity index (χ1n) is 3.18. The van der Waals surface area contributed by atoms with Gasteiger partial charge in [0.25, 0.3) is 0 Å². The molecule has 0 bridgehead atoms. The normalized spacial score (nSPS) is 9.75. The van der Waals surface area contributed by atoms with E-state index in [0.29, 0.717) is 0 Å². The lowest BCUT2D eigenvalue weighted by Crippen LogP contribution is -2.05. The third-order valence-corrected chi connectivity index (χ3v) is 2.02. The van der Waals surface area contributed by atoms with Gasteiger partial charge in [-0.15, -0.1) is 11.3 Å². The van der Waals surface area contributed by atoms with Gasteiger partial charge in [-0.25, -0.2) is 4.79 Å². The van der Waals surface area contributed by atoms with Crippen LogP contribution in [0.3, 0.4) is 0 Å². The standard InChI is InChI=1S/C7H8O4S/c1-10-4-11-7(9)6-5(8)2-3-12-6/h2-3,8H,4H2,1H3. The van der Waals surface area contributed by atoms with Crippen molar-refractivity contribution in [2.75, 3.05) is 13.9 Å². The van der Waals surface area contributed by atoms with E-state index in [1.165, 1.54) is 13.2 Å². The molecule has 0 aliphatic heterocycles. The highest BCUT2D eigenvalue weighted by atomic mass is 32.1. The predicted octanol–water partition coefficient (Wildman–Crippen LogP) is 1.21. The Hall–Kier alpha value is -1.07. The monoisotopic (exact) mass is 188 g/mol. The molecule has 1 aromatic rings. The fraction of sp³-hybridized carbons (Fsp3) is 0.286. The van der Waals surface area contributed by atoms with Gasteiger partial charge in [-0.1, -0.05) is 0 Å². The van der Waals surface area contributed by atoms with Crippen molar-refractivity contribution >= 4 is 17.3 Å². The number of carbonyl (C=O) groups excluding carboxylic acids is 1. The molecule has 0 aliphatic rings. The average molecular weight is 188 g/mol. The molecule has 4 nitrogen and oxygen atoms in total. The van der Waals surface area contributed by atoms with Crippen LogP contribution >= 0.6 is 11.3 Å². The Morgan fingerprint density at radius 1 is 1.75 bits per heavy atom. The highest BCUT2D eigenvalue weighted by Gasteiger charge is 2.13. The number of esters is 1. The summed E-state index contributed by atoms with van der Waals surface area (Å²) in [6.07, 6.45) is 0. The molecule has 0 saturated carbocycles. The highest BCUT2D eigenvalue weighted by Crippen LogP contribution is 2.23. The Morgan fingerprint density at radius 2 is 2.50 bits per heavy atom. The first-order chi connectivity index (χ1) is 5.75. The first kappa shape index (κ1) is 9.02. The summed E-state index contributed by atoms with van der Waals surface area (Å²) in [7, 11) is 1.42. The predicted molar refractivity (Wildman–Crippen MR) is 43.3 cm³/mol. The number of hydrogen-bond donors (Lipinski definition) is 1. The second-order valence-corrected chi connectivity index (χ2v) is 2.89. The molecule has 12 heavy (non-hydrogen) atoms. The van der Waals surface area contributed by atoms with E-state index in [9.17, 15) is 4.79 Å². The average Bonchev–Trinajstić information content (AvgIpc) is 2.47.